The zero-order valence-corrected chi connectivity index (χ0v) is 39.4. The highest BCUT2D eigenvalue weighted by molar-refractivity contribution is 5.87. The standard InChI is InChI=1S/C50H64N10O7/c1-29(2)43(55-49(63)65-5)47(61)58-21-7-9-41(58)45-51-35-17-11-31(27-37(35)53-45)39-19-20-40(60(39)34-15-13-33(14-16-34)57-23-25-67-26-24-57)32-12-18-36-38(28-32)54-46(52-36)42-10-8-22-59(42)48(62)44(30(3)4)56-50(64)66-6/h11-18,27-30,39-44H,7-10,19-26H2,1-6H3,(H,51,53)(H,52,54)(H,55,63)(H,56,64)/t39-,40-,41+,42+,43+,44+/m1/s1. The minimum absolute atomic E-state index is 0.0422. The molecule has 17 heteroatoms. The van der Waals surface area contributed by atoms with Crippen LogP contribution in [0.15, 0.2) is 60.7 Å². The van der Waals surface area contributed by atoms with Crippen molar-refractivity contribution in [1.29, 1.82) is 0 Å². The summed E-state index contributed by atoms with van der Waals surface area (Å²) in [5, 5.41) is 5.49. The van der Waals surface area contributed by atoms with Gasteiger partial charge in [0.05, 0.1) is 73.7 Å². The van der Waals surface area contributed by atoms with Crippen LogP contribution in [0.2, 0.25) is 0 Å². The van der Waals surface area contributed by atoms with Gasteiger partial charge in [-0.2, -0.15) is 0 Å². The number of amides is 4. The number of aromatic nitrogens is 4. The van der Waals surface area contributed by atoms with Gasteiger partial charge in [-0.25, -0.2) is 19.6 Å². The average Bonchev–Trinajstić information content (AvgIpc) is 4.20. The molecule has 17 nitrogen and oxygen atoms in total. The minimum atomic E-state index is -0.710. The number of imidazole rings is 2. The molecule has 4 fully saturated rings. The summed E-state index contributed by atoms with van der Waals surface area (Å²) in [7, 11) is 2.60. The normalized spacial score (nSPS) is 22.0. The lowest BCUT2D eigenvalue weighted by atomic mass is 10.0. The van der Waals surface area contributed by atoms with Gasteiger partial charge < -0.3 is 54.4 Å². The van der Waals surface area contributed by atoms with Gasteiger partial charge in [-0.1, -0.05) is 39.8 Å². The molecule has 4 amide bonds. The monoisotopic (exact) mass is 916 g/mol. The number of benzene rings is 3. The second kappa shape index (κ2) is 19.5. The Morgan fingerprint density at radius 1 is 0.612 bits per heavy atom. The van der Waals surface area contributed by atoms with Crippen LogP contribution in [0.4, 0.5) is 21.0 Å². The summed E-state index contributed by atoms with van der Waals surface area (Å²) in [5.41, 5.74) is 8.11. The number of likely N-dealkylation sites (tertiary alicyclic amines) is 2. The second-order valence-corrected chi connectivity index (χ2v) is 19.0. The number of hydrogen-bond donors (Lipinski definition) is 4. The summed E-state index contributed by atoms with van der Waals surface area (Å²) in [4.78, 5) is 78.2. The summed E-state index contributed by atoms with van der Waals surface area (Å²) < 4.78 is 15.3. The zero-order chi connectivity index (χ0) is 46.9. The number of hydrogen-bond acceptors (Lipinski definition) is 11. The second-order valence-electron chi connectivity index (χ2n) is 19.0. The largest absolute Gasteiger partial charge is 0.453 e. The molecular weight excluding hydrogens is 853 g/mol. The molecule has 2 aromatic heterocycles. The average molecular weight is 917 g/mol. The highest BCUT2D eigenvalue weighted by Gasteiger charge is 2.40. The number of anilines is 2. The Morgan fingerprint density at radius 2 is 1.06 bits per heavy atom. The minimum Gasteiger partial charge on any atom is -0.453 e. The number of morpholine rings is 1. The van der Waals surface area contributed by atoms with Gasteiger partial charge in [-0.3, -0.25) is 9.59 Å². The number of aromatic amines is 2. The van der Waals surface area contributed by atoms with Crippen molar-refractivity contribution in [2.24, 2.45) is 11.8 Å². The van der Waals surface area contributed by atoms with Gasteiger partial charge in [-0.15, -0.1) is 0 Å². The molecule has 6 heterocycles. The first kappa shape index (κ1) is 45.8. The highest BCUT2D eigenvalue weighted by Crippen LogP contribution is 2.48. The van der Waals surface area contributed by atoms with Gasteiger partial charge >= 0.3 is 12.2 Å². The third-order valence-corrected chi connectivity index (χ3v) is 14.2. The smallest absolute Gasteiger partial charge is 0.407 e. The van der Waals surface area contributed by atoms with Crippen molar-refractivity contribution >= 4 is 57.4 Å². The first-order valence-electron chi connectivity index (χ1n) is 23.9. The number of nitrogens with zero attached hydrogens (tertiary/aromatic N) is 6. The molecule has 6 atom stereocenters. The van der Waals surface area contributed by atoms with Crippen LogP contribution in [-0.2, 0) is 23.8 Å². The Labute approximate surface area is 391 Å². The Bertz CT molecular complexity index is 2440. The first-order valence-corrected chi connectivity index (χ1v) is 23.9. The van der Waals surface area contributed by atoms with Gasteiger partial charge in [-0.05, 0) is 110 Å². The zero-order valence-electron chi connectivity index (χ0n) is 39.4. The summed E-state index contributed by atoms with van der Waals surface area (Å²) >= 11 is 0. The van der Waals surface area contributed by atoms with E-state index in [0.29, 0.717) is 26.3 Å². The van der Waals surface area contributed by atoms with Gasteiger partial charge in [0.15, 0.2) is 0 Å². The number of fused-ring (bicyclic) bond motifs is 2. The van der Waals surface area contributed by atoms with E-state index in [1.807, 2.05) is 37.5 Å². The maximum atomic E-state index is 13.9. The number of nitrogens with one attached hydrogen (secondary N) is 4. The van der Waals surface area contributed by atoms with Crippen molar-refractivity contribution < 1.29 is 33.4 Å². The molecule has 9 rings (SSSR count). The highest BCUT2D eigenvalue weighted by atomic mass is 16.5. The summed E-state index contributed by atoms with van der Waals surface area (Å²) in [6.45, 7) is 12.0. The van der Waals surface area contributed by atoms with E-state index in [0.717, 1.165) is 102 Å². The van der Waals surface area contributed by atoms with Crippen LogP contribution in [0.5, 0.6) is 0 Å². The molecule has 0 bridgehead atoms. The Morgan fingerprint density at radius 3 is 1.49 bits per heavy atom. The van der Waals surface area contributed by atoms with Crippen molar-refractivity contribution in [3.05, 3.63) is 83.4 Å². The number of ether oxygens (including phenoxy) is 3. The van der Waals surface area contributed by atoms with Crippen molar-refractivity contribution in [1.82, 2.24) is 40.4 Å². The van der Waals surface area contributed by atoms with Crippen LogP contribution in [0.3, 0.4) is 0 Å². The first-order chi connectivity index (χ1) is 32.4. The molecule has 0 saturated carbocycles. The summed E-state index contributed by atoms with van der Waals surface area (Å²) in [5.74, 6) is 0.962. The van der Waals surface area contributed by atoms with E-state index in [4.69, 9.17) is 24.2 Å². The van der Waals surface area contributed by atoms with Crippen LogP contribution in [0.25, 0.3) is 22.1 Å². The SMILES string of the molecule is COC(=O)N[C@H](C(=O)N1CCC[C@H]1c1nc2cc([C@H]3CC[C@H](c4ccc5[nH]c([C@@H]6CCCN6C(=O)[C@@H](NC(=O)OC)C(C)C)nc5c4)N3c3ccc(N4CCOCC4)cc3)ccc2[nH]1)C(C)C. The van der Waals surface area contributed by atoms with Crippen LogP contribution in [0, 0.1) is 11.8 Å². The van der Waals surface area contributed by atoms with Crippen molar-refractivity contribution in [3.8, 4) is 0 Å². The van der Waals surface area contributed by atoms with Crippen molar-refractivity contribution in [2.45, 2.75) is 102 Å². The number of methoxy groups -OCH3 is 2. The molecule has 4 N–H and O–H groups in total. The van der Waals surface area contributed by atoms with E-state index in [2.05, 4.69) is 91.1 Å². The van der Waals surface area contributed by atoms with Gasteiger partial charge in [0.1, 0.15) is 23.7 Å². The summed E-state index contributed by atoms with van der Waals surface area (Å²) in [6, 6.07) is 20.1. The molecule has 3 aromatic carbocycles. The molecule has 0 unspecified atom stereocenters. The van der Waals surface area contributed by atoms with Crippen LogP contribution in [0.1, 0.15) is 113 Å². The molecule has 4 aliphatic heterocycles. The number of carbonyl (C=O) groups excluding carboxylic acids is 4. The maximum absolute atomic E-state index is 13.9. The lowest BCUT2D eigenvalue weighted by Gasteiger charge is -2.34. The molecule has 4 aliphatic rings. The quantitative estimate of drug-likeness (QED) is 0.0973. The van der Waals surface area contributed by atoms with E-state index in [9.17, 15) is 19.2 Å². The van der Waals surface area contributed by atoms with Crippen molar-refractivity contribution in [3.63, 3.8) is 0 Å². The molecule has 67 heavy (non-hydrogen) atoms. The number of alkyl carbamates (subject to hydrolysis) is 2. The van der Waals surface area contributed by atoms with Gasteiger partial charge in [0.2, 0.25) is 11.8 Å². The number of carbonyl (C=O) groups is 4. The lowest BCUT2D eigenvalue weighted by Crippen LogP contribution is -2.51. The van der Waals surface area contributed by atoms with Crippen LogP contribution in [-0.4, -0.2) is 119 Å². The van der Waals surface area contributed by atoms with Gasteiger partial charge in [0, 0.05) is 37.6 Å². The molecule has 0 aliphatic carbocycles. The predicted octanol–water partition coefficient (Wildman–Crippen LogP) is 7.45. The molecule has 356 valence electrons. The Hall–Kier alpha value is -6.36. The Balaban J connectivity index is 1.01. The number of rotatable bonds is 12. The van der Waals surface area contributed by atoms with E-state index in [-0.39, 0.29) is 47.8 Å². The van der Waals surface area contributed by atoms with E-state index in [1.165, 1.54) is 19.9 Å². The fourth-order valence-corrected chi connectivity index (χ4v) is 10.7. The molecule has 4 saturated heterocycles. The molecule has 0 radical (unpaired) electrons. The topological polar surface area (TPSA) is 190 Å². The van der Waals surface area contributed by atoms with E-state index in [1.54, 1.807) is 0 Å². The van der Waals surface area contributed by atoms with Crippen LogP contribution >= 0.6 is 0 Å². The summed E-state index contributed by atoms with van der Waals surface area (Å²) in [6.07, 6.45) is 3.78. The fraction of sp³-hybridized carbons (Fsp3) is 0.520. The molecule has 0 spiro atoms. The fourth-order valence-electron chi connectivity index (χ4n) is 10.7. The van der Waals surface area contributed by atoms with Crippen molar-refractivity contribution in [2.75, 3.05) is 63.4 Å². The maximum Gasteiger partial charge on any atom is 0.407 e. The van der Waals surface area contributed by atoms with E-state index >= 15 is 0 Å². The molecule has 5 aromatic rings. The molecular formula is C50H64N10O7. The Kier molecular flexibility index (Phi) is 13.3. The van der Waals surface area contributed by atoms with E-state index < -0.39 is 24.3 Å². The number of H-pyrrole nitrogens is 2. The predicted molar refractivity (Wildman–Crippen MR) is 255 cm³/mol. The third kappa shape index (κ3) is 9.21. The van der Waals surface area contributed by atoms with Crippen LogP contribution < -0.4 is 20.4 Å². The van der Waals surface area contributed by atoms with Gasteiger partial charge in [0.25, 0.3) is 0 Å². The lowest BCUT2D eigenvalue weighted by molar-refractivity contribution is -0.136. The third-order valence-electron chi connectivity index (χ3n) is 14.2.